The van der Waals surface area contributed by atoms with Crippen LogP contribution < -0.4 is 0 Å². The Morgan fingerprint density at radius 2 is 2.06 bits per heavy atom. The van der Waals surface area contributed by atoms with Gasteiger partial charge < -0.3 is 4.57 Å². The van der Waals surface area contributed by atoms with Gasteiger partial charge in [0.1, 0.15) is 0 Å². The highest BCUT2D eigenvalue weighted by atomic mass is 35.6. The van der Waals surface area contributed by atoms with Crippen molar-refractivity contribution in [2.24, 2.45) is 0 Å². The summed E-state index contributed by atoms with van der Waals surface area (Å²) in [5.41, 5.74) is 0.401. The van der Waals surface area contributed by atoms with Crippen LogP contribution in [0.1, 0.15) is 15.4 Å². The van der Waals surface area contributed by atoms with Gasteiger partial charge in [-0.3, -0.25) is 4.79 Å². The van der Waals surface area contributed by atoms with Gasteiger partial charge in [0, 0.05) is 11.1 Å². The molecule has 90 valence electrons. The standard InChI is InChI=1S/C11H8Cl3NOS/c12-11(13,14)10(16)9-4-1-5-15(9)7-8-3-2-6-17-8/h1-6H,7H2. The van der Waals surface area contributed by atoms with Gasteiger partial charge in [-0.1, -0.05) is 40.9 Å². The molecule has 0 N–H and O–H groups in total. The van der Waals surface area contributed by atoms with Crippen molar-refractivity contribution < 1.29 is 4.79 Å². The first-order chi connectivity index (χ1) is 7.98. The van der Waals surface area contributed by atoms with Crippen LogP contribution in [0, 0.1) is 0 Å². The van der Waals surface area contributed by atoms with Gasteiger partial charge in [0.25, 0.3) is 3.79 Å². The predicted octanol–water partition coefficient (Wildman–Crippen LogP) is 4.15. The van der Waals surface area contributed by atoms with Crippen LogP contribution in [-0.4, -0.2) is 14.1 Å². The second-order valence-corrected chi connectivity index (χ2v) is 6.74. The van der Waals surface area contributed by atoms with E-state index in [2.05, 4.69) is 0 Å². The summed E-state index contributed by atoms with van der Waals surface area (Å²) < 4.78 is -0.137. The van der Waals surface area contributed by atoms with E-state index in [9.17, 15) is 4.79 Å². The fourth-order valence-electron chi connectivity index (χ4n) is 1.47. The Morgan fingerprint density at radius 3 is 2.65 bits per heavy atom. The van der Waals surface area contributed by atoms with E-state index in [-0.39, 0.29) is 0 Å². The van der Waals surface area contributed by atoms with Gasteiger partial charge in [-0.05, 0) is 23.6 Å². The Labute approximate surface area is 118 Å². The van der Waals surface area contributed by atoms with E-state index in [1.165, 1.54) is 0 Å². The van der Waals surface area contributed by atoms with Crippen molar-refractivity contribution in [3.05, 3.63) is 46.4 Å². The van der Waals surface area contributed by atoms with E-state index < -0.39 is 9.58 Å². The lowest BCUT2D eigenvalue weighted by atomic mass is 10.3. The molecule has 0 radical (unpaired) electrons. The molecule has 2 heterocycles. The number of hydrogen-bond donors (Lipinski definition) is 0. The molecule has 0 aromatic carbocycles. The summed E-state index contributed by atoms with van der Waals surface area (Å²) in [7, 11) is 0. The molecular formula is C11H8Cl3NOS. The van der Waals surface area contributed by atoms with Crippen LogP contribution in [0.15, 0.2) is 35.8 Å². The molecule has 0 fully saturated rings. The Bertz CT molecular complexity index is 513. The van der Waals surface area contributed by atoms with Crippen LogP contribution in [0.25, 0.3) is 0 Å². The van der Waals surface area contributed by atoms with E-state index in [1.807, 2.05) is 17.5 Å². The maximum absolute atomic E-state index is 11.9. The van der Waals surface area contributed by atoms with Crippen LogP contribution in [0.3, 0.4) is 0 Å². The maximum Gasteiger partial charge on any atom is 0.255 e. The first-order valence-electron chi connectivity index (χ1n) is 4.77. The summed E-state index contributed by atoms with van der Waals surface area (Å²) >= 11 is 18.4. The molecule has 0 bridgehead atoms. The minimum atomic E-state index is -1.91. The molecule has 0 spiro atoms. The average molecular weight is 309 g/mol. The molecular weight excluding hydrogens is 301 g/mol. The van der Waals surface area contributed by atoms with Crippen molar-refractivity contribution in [2.45, 2.75) is 10.3 Å². The molecule has 0 aliphatic carbocycles. The topological polar surface area (TPSA) is 22.0 Å². The normalized spacial score (nSPS) is 11.7. The number of aromatic nitrogens is 1. The number of alkyl halides is 3. The number of hydrogen-bond acceptors (Lipinski definition) is 2. The van der Waals surface area contributed by atoms with E-state index in [1.54, 1.807) is 34.2 Å². The third-order valence-electron chi connectivity index (χ3n) is 2.23. The molecule has 0 aliphatic rings. The second-order valence-electron chi connectivity index (χ2n) is 3.43. The lowest BCUT2D eigenvalue weighted by molar-refractivity contribution is 0.0988. The second kappa shape index (κ2) is 5.02. The highest BCUT2D eigenvalue weighted by molar-refractivity contribution is 7.09. The van der Waals surface area contributed by atoms with Gasteiger partial charge in [0.2, 0.25) is 5.78 Å². The molecule has 2 rings (SSSR count). The molecule has 17 heavy (non-hydrogen) atoms. The Morgan fingerprint density at radius 1 is 1.29 bits per heavy atom. The Hall–Kier alpha value is -0.480. The molecule has 0 amide bonds. The summed E-state index contributed by atoms with van der Waals surface area (Å²) in [5.74, 6) is -0.510. The van der Waals surface area contributed by atoms with Gasteiger partial charge in [-0.2, -0.15) is 0 Å². The highest BCUT2D eigenvalue weighted by Gasteiger charge is 2.33. The number of rotatable bonds is 3. The zero-order chi connectivity index (χ0) is 12.5. The number of nitrogens with zero attached hydrogens (tertiary/aromatic N) is 1. The van der Waals surface area contributed by atoms with E-state index in [0.717, 1.165) is 4.88 Å². The summed E-state index contributed by atoms with van der Waals surface area (Å²) in [4.78, 5) is 13.0. The van der Waals surface area contributed by atoms with Crippen LogP contribution in [0.4, 0.5) is 0 Å². The fraction of sp³-hybridized carbons (Fsp3) is 0.182. The number of carbonyl (C=O) groups is 1. The quantitative estimate of drug-likeness (QED) is 0.616. The van der Waals surface area contributed by atoms with Crippen LogP contribution in [0.2, 0.25) is 0 Å². The minimum absolute atomic E-state index is 0.401. The largest absolute Gasteiger partial charge is 0.340 e. The molecule has 0 aliphatic heterocycles. The molecule has 2 aromatic rings. The third-order valence-corrected chi connectivity index (χ3v) is 3.60. The number of thiophene rings is 1. The van der Waals surface area contributed by atoms with Crippen molar-refractivity contribution in [1.29, 1.82) is 0 Å². The lowest BCUT2D eigenvalue weighted by Crippen LogP contribution is -2.22. The van der Waals surface area contributed by atoms with Gasteiger partial charge >= 0.3 is 0 Å². The van der Waals surface area contributed by atoms with Crippen molar-refractivity contribution in [2.75, 3.05) is 0 Å². The van der Waals surface area contributed by atoms with E-state index in [4.69, 9.17) is 34.8 Å². The molecule has 2 nitrogen and oxygen atoms in total. The SMILES string of the molecule is O=C(c1cccn1Cc1cccs1)C(Cl)(Cl)Cl. The number of halogens is 3. The summed E-state index contributed by atoms with van der Waals surface area (Å²) in [6, 6.07) is 7.36. The zero-order valence-electron chi connectivity index (χ0n) is 8.57. The molecule has 6 heteroatoms. The van der Waals surface area contributed by atoms with Gasteiger partial charge in [-0.15, -0.1) is 11.3 Å². The number of carbonyl (C=O) groups excluding carboxylic acids is 1. The van der Waals surface area contributed by atoms with Crippen LogP contribution >= 0.6 is 46.1 Å². The van der Waals surface area contributed by atoms with Crippen LogP contribution in [-0.2, 0) is 6.54 Å². The van der Waals surface area contributed by atoms with Crippen molar-refractivity contribution in [3.8, 4) is 0 Å². The van der Waals surface area contributed by atoms with Gasteiger partial charge in [-0.25, -0.2) is 0 Å². The first kappa shape index (κ1) is 13.0. The zero-order valence-corrected chi connectivity index (χ0v) is 11.7. The minimum Gasteiger partial charge on any atom is -0.340 e. The Kier molecular flexibility index (Phi) is 3.83. The monoisotopic (exact) mass is 307 g/mol. The number of Topliss-reactive ketones (excluding diaryl/α,β-unsaturated/α-hetero) is 1. The molecule has 0 atom stereocenters. The predicted molar refractivity (Wildman–Crippen MR) is 72.5 cm³/mol. The van der Waals surface area contributed by atoms with Gasteiger partial charge in [0.05, 0.1) is 12.2 Å². The number of ketones is 1. The molecule has 2 aromatic heterocycles. The summed E-state index contributed by atoms with van der Waals surface area (Å²) in [6.45, 7) is 0.604. The lowest BCUT2D eigenvalue weighted by Gasteiger charge is -2.12. The Balaban J connectivity index is 2.26. The molecule has 0 saturated heterocycles. The maximum atomic E-state index is 11.9. The van der Waals surface area contributed by atoms with Gasteiger partial charge in [0.15, 0.2) is 0 Å². The van der Waals surface area contributed by atoms with Crippen molar-refractivity contribution in [3.63, 3.8) is 0 Å². The summed E-state index contributed by atoms with van der Waals surface area (Å²) in [6.07, 6.45) is 1.80. The summed E-state index contributed by atoms with van der Waals surface area (Å²) in [5, 5.41) is 1.98. The van der Waals surface area contributed by atoms with Crippen molar-refractivity contribution in [1.82, 2.24) is 4.57 Å². The molecule has 0 unspecified atom stereocenters. The van der Waals surface area contributed by atoms with E-state index >= 15 is 0 Å². The fourth-order valence-corrected chi connectivity index (χ4v) is 2.47. The smallest absolute Gasteiger partial charge is 0.255 e. The highest BCUT2D eigenvalue weighted by Crippen LogP contribution is 2.30. The van der Waals surface area contributed by atoms with E-state index in [0.29, 0.717) is 12.2 Å². The van der Waals surface area contributed by atoms with Crippen LogP contribution in [0.5, 0.6) is 0 Å². The van der Waals surface area contributed by atoms with Crippen molar-refractivity contribution >= 4 is 51.9 Å². The average Bonchev–Trinajstić information content (AvgIpc) is 2.87. The third kappa shape index (κ3) is 3.05. The first-order valence-corrected chi connectivity index (χ1v) is 6.79. The molecule has 0 saturated carbocycles.